The van der Waals surface area contributed by atoms with Crippen LogP contribution >= 0.6 is 0 Å². The van der Waals surface area contributed by atoms with Crippen molar-refractivity contribution in [2.75, 3.05) is 5.32 Å². The Kier molecular flexibility index (Phi) is 4.63. The van der Waals surface area contributed by atoms with Crippen LogP contribution in [0.5, 0.6) is 11.5 Å². The number of benzene rings is 2. The highest BCUT2D eigenvalue weighted by atomic mass is 16.4. The molecule has 0 radical (unpaired) electrons. The van der Waals surface area contributed by atoms with E-state index in [2.05, 4.69) is 17.2 Å². The molecule has 0 saturated carbocycles. The van der Waals surface area contributed by atoms with Gasteiger partial charge in [-0.05, 0) is 31.2 Å². The monoisotopic (exact) mass is 349 g/mol. The van der Waals surface area contributed by atoms with Crippen molar-refractivity contribution in [1.29, 1.82) is 0 Å². The Labute approximate surface area is 148 Å². The van der Waals surface area contributed by atoms with Crippen molar-refractivity contribution in [3.8, 4) is 23.3 Å². The summed E-state index contributed by atoms with van der Waals surface area (Å²) in [6.07, 6.45) is 0.151. The number of anilines is 1. The Hall–Kier alpha value is -3.72. The molecule has 0 fully saturated rings. The third kappa shape index (κ3) is 3.10. The number of hydrogen-bond donors (Lipinski definition) is 3. The molecule has 2 aromatic carbocycles. The van der Waals surface area contributed by atoms with E-state index in [1.165, 1.54) is 12.1 Å². The summed E-state index contributed by atoms with van der Waals surface area (Å²) >= 11 is 0. The van der Waals surface area contributed by atoms with E-state index in [1.807, 2.05) is 0 Å². The molecule has 1 amide bonds. The van der Waals surface area contributed by atoms with E-state index in [-0.39, 0.29) is 28.8 Å². The molecule has 26 heavy (non-hydrogen) atoms. The van der Waals surface area contributed by atoms with Crippen molar-refractivity contribution in [3.63, 3.8) is 0 Å². The zero-order valence-corrected chi connectivity index (χ0v) is 13.9. The lowest BCUT2D eigenvalue weighted by Crippen LogP contribution is -2.18. The van der Waals surface area contributed by atoms with Crippen LogP contribution in [0.2, 0.25) is 0 Å². The van der Waals surface area contributed by atoms with Crippen LogP contribution in [-0.2, 0) is 6.42 Å². The SMILES string of the molecule is CC#CCc1c(O)ccc2c(O)c(NC(=O)c3ccccc3)c(=O)oc12. The van der Waals surface area contributed by atoms with Gasteiger partial charge in [0.25, 0.3) is 5.91 Å². The van der Waals surface area contributed by atoms with E-state index in [0.717, 1.165) is 0 Å². The number of phenols is 1. The van der Waals surface area contributed by atoms with Gasteiger partial charge in [-0.15, -0.1) is 5.92 Å². The Morgan fingerprint density at radius 2 is 1.88 bits per heavy atom. The molecule has 0 aliphatic carbocycles. The fourth-order valence-electron chi connectivity index (χ4n) is 2.53. The highest BCUT2D eigenvalue weighted by Crippen LogP contribution is 2.35. The van der Waals surface area contributed by atoms with Gasteiger partial charge in [-0.3, -0.25) is 4.79 Å². The number of rotatable bonds is 3. The lowest BCUT2D eigenvalue weighted by molar-refractivity contribution is 0.102. The molecule has 0 unspecified atom stereocenters. The van der Waals surface area contributed by atoms with Gasteiger partial charge in [-0.2, -0.15) is 0 Å². The number of aromatic hydroxyl groups is 2. The highest BCUT2D eigenvalue weighted by molar-refractivity contribution is 6.06. The summed E-state index contributed by atoms with van der Waals surface area (Å²) in [4.78, 5) is 24.6. The van der Waals surface area contributed by atoms with Crippen LogP contribution in [0.15, 0.2) is 51.7 Å². The smallest absolute Gasteiger partial charge is 0.364 e. The Bertz CT molecular complexity index is 1100. The second-order valence-electron chi connectivity index (χ2n) is 5.48. The summed E-state index contributed by atoms with van der Waals surface area (Å²) in [7, 11) is 0. The van der Waals surface area contributed by atoms with Crippen LogP contribution in [0.1, 0.15) is 22.8 Å². The molecule has 0 aliphatic heterocycles. The van der Waals surface area contributed by atoms with Gasteiger partial charge >= 0.3 is 5.63 Å². The van der Waals surface area contributed by atoms with Crippen molar-refractivity contribution in [2.45, 2.75) is 13.3 Å². The topological polar surface area (TPSA) is 99.8 Å². The van der Waals surface area contributed by atoms with Gasteiger partial charge < -0.3 is 19.9 Å². The molecule has 0 aliphatic rings. The summed E-state index contributed by atoms with van der Waals surface area (Å²) < 4.78 is 5.26. The van der Waals surface area contributed by atoms with Crippen LogP contribution in [0.3, 0.4) is 0 Å². The van der Waals surface area contributed by atoms with Gasteiger partial charge in [-0.25, -0.2) is 4.79 Å². The predicted octanol–water partition coefficient (Wildman–Crippen LogP) is 3.02. The fraction of sp³-hybridized carbons (Fsp3) is 0.100. The number of carbonyl (C=O) groups is 1. The van der Waals surface area contributed by atoms with Crippen LogP contribution < -0.4 is 10.9 Å². The minimum atomic E-state index is -0.921. The average molecular weight is 349 g/mol. The standard InChI is InChI=1S/C20H15NO5/c1-2-3-9-13-15(22)11-10-14-17(23)16(20(25)26-18(13)14)21-19(24)12-7-5-4-6-8-12/h4-8,10-11,22-23H,9H2,1H3,(H,21,24). The van der Waals surface area contributed by atoms with Gasteiger partial charge in [0.15, 0.2) is 11.4 Å². The third-order valence-electron chi connectivity index (χ3n) is 3.84. The first-order chi connectivity index (χ1) is 12.5. The second kappa shape index (κ2) is 7.03. The maximum absolute atomic E-state index is 12.3. The molecule has 130 valence electrons. The van der Waals surface area contributed by atoms with Gasteiger partial charge in [-0.1, -0.05) is 24.1 Å². The lowest BCUT2D eigenvalue weighted by Gasteiger charge is -2.10. The van der Waals surface area contributed by atoms with E-state index >= 15 is 0 Å². The number of carbonyl (C=O) groups excluding carboxylic acids is 1. The van der Waals surface area contributed by atoms with Crippen molar-refractivity contribution in [2.24, 2.45) is 0 Å². The first-order valence-corrected chi connectivity index (χ1v) is 7.79. The molecule has 0 atom stereocenters. The maximum Gasteiger partial charge on any atom is 0.364 e. The van der Waals surface area contributed by atoms with Crippen LogP contribution in [0.25, 0.3) is 11.0 Å². The molecule has 6 heteroatoms. The van der Waals surface area contributed by atoms with E-state index < -0.39 is 17.3 Å². The molecule has 6 nitrogen and oxygen atoms in total. The summed E-state index contributed by atoms with van der Waals surface area (Å²) in [5.41, 5.74) is -0.616. The summed E-state index contributed by atoms with van der Waals surface area (Å²) in [6.45, 7) is 1.65. The third-order valence-corrected chi connectivity index (χ3v) is 3.84. The summed E-state index contributed by atoms with van der Waals surface area (Å²) in [5.74, 6) is 4.40. The van der Waals surface area contributed by atoms with Crippen LogP contribution in [-0.4, -0.2) is 16.1 Å². The molecule has 0 saturated heterocycles. The minimum absolute atomic E-state index is 0.0351. The van der Waals surface area contributed by atoms with Gasteiger partial charge in [0, 0.05) is 17.5 Å². The van der Waals surface area contributed by atoms with Crippen molar-refractivity contribution < 1.29 is 19.4 Å². The van der Waals surface area contributed by atoms with E-state index in [1.54, 1.807) is 37.3 Å². The van der Waals surface area contributed by atoms with E-state index in [4.69, 9.17) is 4.42 Å². The fourth-order valence-corrected chi connectivity index (χ4v) is 2.53. The van der Waals surface area contributed by atoms with E-state index in [9.17, 15) is 19.8 Å². The molecule has 3 N–H and O–H groups in total. The molecule has 0 bridgehead atoms. The Morgan fingerprint density at radius 1 is 1.15 bits per heavy atom. The van der Waals surface area contributed by atoms with Gasteiger partial charge in [0.05, 0.1) is 5.39 Å². The molecule has 3 rings (SSSR count). The molecule has 3 aromatic rings. The van der Waals surface area contributed by atoms with E-state index in [0.29, 0.717) is 11.1 Å². The zero-order valence-electron chi connectivity index (χ0n) is 13.9. The Morgan fingerprint density at radius 3 is 2.58 bits per heavy atom. The first kappa shape index (κ1) is 17.1. The second-order valence-corrected chi connectivity index (χ2v) is 5.48. The zero-order chi connectivity index (χ0) is 18.7. The van der Waals surface area contributed by atoms with Gasteiger partial charge in [0.1, 0.15) is 11.3 Å². The number of amides is 1. The first-order valence-electron chi connectivity index (χ1n) is 7.79. The number of fused-ring (bicyclic) bond motifs is 1. The Balaban J connectivity index is 2.11. The molecule has 1 heterocycles. The molecule has 1 aromatic heterocycles. The van der Waals surface area contributed by atoms with Crippen LogP contribution in [0, 0.1) is 11.8 Å². The van der Waals surface area contributed by atoms with Crippen molar-refractivity contribution >= 4 is 22.6 Å². The number of nitrogens with one attached hydrogen (secondary N) is 1. The molecular formula is C20H15NO5. The molecule has 0 spiro atoms. The quantitative estimate of drug-likeness (QED) is 0.498. The van der Waals surface area contributed by atoms with Crippen molar-refractivity contribution in [1.82, 2.24) is 0 Å². The number of phenolic OH excluding ortho intramolecular Hbond substituents is 1. The lowest BCUT2D eigenvalue weighted by atomic mass is 10.1. The number of hydrogen-bond acceptors (Lipinski definition) is 5. The predicted molar refractivity (Wildman–Crippen MR) is 97.4 cm³/mol. The normalized spacial score (nSPS) is 10.2. The largest absolute Gasteiger partial charge is 0.507 e. The average Bonchev–Trinajstić information content (AvgIpc) is 2.65. The summed E-state index contributed by atoms with van der Waals surface area (Å²) in [6, 6.07) is 11.1. The maximum atomic E-state index is 12.3. The van der Waals surface area contributed by atoms with Crippen LogP contribution in [0.4, 0.5) is 5.69 Å². The minimum Gasteiger partial charge on any atom is -0.507 e. The molecular weight excluding hydrogens is 334 g/mol. The van der Waals surface area contributed by atoms with Crippen molar-refractivity contribution in [3.05, 3.63) is 64.0 Å². The highest BCUT2D eigenvalue weighted by Gasteiger charge is 2.20. The summed E-state index contributed by atoms with van der Waals surface area (Å²) in [5, 5.41) is 23.0. The van der Waals surface area contributed by atoms with Gasteiger partial charge in [0.2, 0.25) is 0 Å².